The zero-order chi connectivity index (χ0) is 21.0. The second kappa shape index (κ2) is 8.98. The normalized spacial score (nSPS) is 17.1. The van der Waals surface area contributed by atoms with Crippen LogP contribution in [-0.4, -0.2) is 33.2 Å². The molecule has 156 valence electrons. The number of hydrogen-bond acceptors (Lipinski definition) is 4. The molecule has 1 saturated heterocycles. The van der Waals surface area contributed by atoms with Crippen LogP contribution in [0.5, 0.6) is 0 Å². The number of nitrogens with one attached hydrogen (secondary N) is 3. The SMILES string of the molecule is Cc1cc(-c2cccc(F)c2)cc(C(=O)NNS(=O)(=O)CC2CCCNC2)c1F. The molecule has 1 aliphatic rings. The minimum Gasteiger partial charge on any atom is -0.316 e. The van der Waals surface area contributed by atoms with Gasteiger partial charge < -0.3 is 5.32 Å². The van der Waals surface area contributed by atoms with Crippen molar-refractivity contribution in [3.63, 3.8) is 0 Å². The lowest BCUT2D eigenvalue weighted by atomic mass is 9.99. The van der Waals surface area contributed by atoms with Crippen molar-refractivity contribution < 1.29 is 22.0 Å². The lowest BCUT2D eigenvalue weighted by Crippen LogP contribution is -2.45. The summed E-state index contributed by atoms with van der Waals surface area (Å²) in [5.41, 5.74) is 2.86. The van der Waals surface area contributed by atoms with Gasteiger partial charge in [0.25, 0.3) is 5.91 Å². The molecule has 3 N–H and O–H groups in total. The second-order valence-electron chi connectivity index (χ2n) is 7.22. The van der Waals surface area contributed by atoms with E-state index >= 15 is 0 Å². The predicted octanol–water partition coefficient (Wildman–Crippen LogP) is 2.50. The minimum atomic E-state index is -3.77. The van der Waals surface area contributed by atoms with Crippen molar-refractivity contribution in [2.45, 2.75) is 19.8 Å². The van der Waals surface area contributed by atoms with Gasteiger partial charge >= 0.3 is 0 Å². The number of aryl methyl sites for hydroxylation is 1. The third kappa shape index (κ3) is 5.59. The van der Waals surface area contributed by atoms with E-state index in [2.05, 4.69) is 10.7 Å². The highest BCUT2D eigenvalue weighted by molar-refractivity contribution is 7.89. The lowest BCUT2D eigenvalue weighted by Gasteiger charge is -2.22. The molecule has 29 heavy (non-hydrogen) atoms. The van der Waals surface area contributed by atoms with Crippen LogP contribution in [0.1, 0.15) is 28.8 Å². The smallest absolute Gasteiger partial charge is 0.269 e. The molecule has 0 aromatic heterocycles. The Balaban J connectivity index is 1.74. The molecule has 9 heteroatoms. The summed E-state index contributed by atoms with van der Waals surface area (Å²) in [6.07, 6.45) is 1.68. The summed E-state index contributed by atoms with van der Waals surface area (Å²) in [5, 5.41) is 3.13. The minimum absolute atomic E-state index is 0.0477. The number of carbonyl (C=O) groups excluding carboxylic acids is 1. The van der Waals surface area contributed by atoms with Gasteiger partial charge in [-0.2, -0.15) is 0 Å². The van der Waals surface area contributed by atoms with Gasteiger partial charge in [-0.05, 0) is 79.7 Å². The van der Waals surface area contributed by atoms with E-state index in [0.29, 0.717) is 17.7 Å². The predicted molar refractivity (Wildman–Crippen MR) is 107 cm³/mol. The summed E-state index contributed by atoms with van der Waals surface area (Å²) in [4.78, 5) is 14.5. The van der Waals surface area contributed by atoms with E-state index in [9.17, 15) is 22.0 Å². The van der Waals surface area contributed by atoms with Gasteiger partial charge in [0.05, 0.1) is 11.3 Å². The molecule has 0 radical (unpaired) electrons. The summed E-state index contributed by atoms with van der Waals surface area (Å²) < 4.78 is 52.4. The van der Waals surface area contributed by atoms with Gasteiger partial charge in [-0.1, -0.05) is 12.1 Å². The van der Waals surface area contributed by atoms with Crippen molar-refractivity contribution in [2.75, 3.05) is 18.8 Å². The van der Waals surface area contributed by atoms with E-state index in [1.165, 1.54) is 37.3 Å². The Bertz CT molecular complexity index is 1010. The third-order valence-electron chi connectivity index (χ3n) is 4.83. The number of sulfonamides is 1. The Hall–Kier alpha value is -2.36. The highest BCUT2D eigenvalue weighted by Gasteiger charge is 2.23. The number of piperidine rings is 1. The first-order chi connectivity index (χ1) is 13.7. The van der Waals surface area contributed by atoms with Crippen molar-refractivity contribution in [1.29, 1.82) is 0 Å². The second-order valence-corrected chi connectivity index (χ2v) is 8.98. The van der Waals surface area contributed by atoms with Crippen LogP contribution in [0.15, 0.2) is 36.4 Å². The molecular formula is C20H23F2N3O3S. The molecule has 2 aromatic carbocycles. The van der Waals surface area contributed by atoms with Gasteiger partial charge in [0.1, 0.15) is 11.6 Å². The molecule has 3 rings (SSSR count). The van der Waals surface area contributed by atoms with E-state index in [1.54, 1.807) is 6.07 Å². The maximum Gasteiger partial charge on any atom is 0.269 e. The van der Waals surface area contributed by atoms with Crippen LogP contribution < -0.4 is 15.6 Å². The number of carbonyl (C=O) groups is 1. The van der Waals surface area contributed by atoms with Crippen molar-refractivity contribution >= 4 is 15.9 Å². The average Bonchev–Trinajstić information content (AvgIpc) is 2.68. The molecule has 2 aromatic rings. The van der Waals surface area contributed by atoms with Gasteiger partial charge in [-0.3, -0.25) is 10.2 Å². The third-order valence-corrected chi connectivity index (χ3v) is 6.15. The van der Waals surface area contributed by atoms with E-state index in [-0.39, 0.29) is 22.8 Å². The maximum atomic E-state index is 14.5. The summed E-state index contributed by atoms with van der Waals surface area (Å²) in [6.45, 7) is 2.94. The standard InChI is InChI=1S/C20H23F2N3O3S/c1-13-8-16(15-5-2-6-17(21)9-15)10-18(19(13)22)20(26)24-25-29(27,28)12-14-4-3-7-23-11-14/h2,5-6,8-10,14,23,25H,3-4,7,11-12H2,1H3,(H,24,26). The van der Waals surface area contributed by atoms with Crippen molar-refractivity contribution in [3.8, 4) is 11.1 Å². The Kier molecular flexibility index (Phi) is 6.61. The quantitative estimate of drug-likeness (QED) is 0.623. The van der Waals surface area contributed by atoms with Crippen LogP contribution in [-0.2, 0) is 10.0 Å². The van der Waals surface area contributed by atoms with E-state index in [1.807, 2.05) is 4.83 Å². The van der Waals surface area contributed by atoms with Crippen LogP contribution in [0.2, 0.25) is 0 Å². The Morgan fingerprint density at radius 3 is 2.69 bits per heavy atom. The molecule has 1 heterocycles. The van der Waals surface area contributed by atoms with Crippen LogP contribution in [0.25, 0.3) is 11.1 Å². The van der Waals surface area contributed by atoms with Gasteiger partial charge in [-0.25, -0.2) is 17.2 Å². The van der Waals surface area contributed by atoms with Crippen LogP contribution >= 0.6 is 0 Å². The lowest BCUT2D eigenvalue weighted by molar-refractivity contribution is 0.0941. The van der Waals surface area contributed by atoms with E-state index in [4.69, 9.17) is 0 Å². The van der Waals surface area contributed by atoms with Crippen LogP contribution in [0.4, 0.5) is 8.78 Å². The number of amides is 1. The molecule has 1 atom stereocenters. The fourth-order valence-corrected chi connectivity index (χ4v) is 4.62. The van der Waals surface area contributed by atoms with Gasteiger partial charge in [0.15, 0.2) is 0 Å². The topological polar surface area (TPSA) is 87.3 Å². The van der Waals surface area contributed by atoms with Gasteiger partial charge in [0, 0.05) is 0 Å². The van der Waals surface area contributed by atoms with Crippen molar-refractivity contribution in [2.24, 2.45) is 5.92 Å². The monoisotopic (exact) mass is 423 g/mol. The number of hydrogen-bond donors (Lipinski definition) is 3. The van der Waals surface area contributed by atoms with Gasteiger partial charge in [0.2, 0.25) is 10.0 Å². The Morgan fingerprint density at radius 2 is 2.00 bits per heavy atom. The van der Waals surface area contributed by atoms with Crippen molar-refractivity contribution in [1.82, 2.24) is 15.6 Å². The highest BCUT2D eigenvalue weighted by Crippen LogP contribution is 2.25. The molecule has 0 spiro atoms. The first kappa shape index (κ1) is 21.4. The molecule has 0 saturated carbocycles. The summed E-state index contributed by atoms with van der Waals surface area (Å²) in [5.74, 6) is -2.33. The molecule has 0 bridgehead atoms. The Labute approximate surface area is 168 Å². The van der Waals surface area contributed by atoms with E-state index in [0.717, 1.165) is 19.4 Å². The fourth-order valence-electron chi connectivity index (χ4n) is 3.38. The van der Waals surface area contributed by atoms with Crippen LogP contribution in [0, 0.1) is 24.5 Å². The molecule has 1 amide bonds. The zero-order valence-corrected chi connectivity index (χ0v) is 16.8. The molecule has 0 aliphatic carbocycles. The first-order valence-corrected chi connectivity index (χ1v) is 11.0. The molecular weight excluding hydrogens is 400 g/mol. The van der Waals surface area contributed by atoms with E-state index < -0.39 is 27.6 Å². The van der Waals surface area contributed by atoms with Crippen molar-refractivity contribution in [3.05, 3.63) is 59.2 Å². The van der Waals surface area contributed by atoms with Crippen LogP contribution in [0.3, 0.4) is 0 Å². The number of halogens is 2. The fraction of sp³-hybridized carbons (Fsp3) is 0.350. The summed E-state index contributed by atoms with van der Waals surface area (Å²) >= 11 is 0. The van der Waals surface area contributed by atoms with Gasteiger partial charge in [-0.15, -0.1) is 4.83 Å². The highest BCUT2D eigenvalue weighted by atomic mass is 32.2. The number of hydrazine groups is 1. The average molecular weight is 423 g/mol. The zero-order valence-electron chi connectivity index (χ0n) is 16.0. The summed E-state index contributed by atoms with van der Waals surface area (Å²) in [7, 11) is -3.77. The molecule has 6 nitrogen and oxygen atoms in total. The molecule has 1 fully saturated rings. The Morgan fingerprint density at radius 1 is 1.21 bits per heavy atom. The molecule has 1 aliphatic heterocycles. The maximum absolute atomic E-state index is 14.5. The molecule has 1 unspecified atom stereocenters. The largest absolute Gasteiger partial charge is 0.316 e. The number of rotatable bonds is 6. The first-order valence-electron chi connectivity index (χ1n) is 9.32. The summed E-state index contributed by atoms with van der Waals surface area (Å²) in [6, 6.07) is 8.47. The number of benzene rings is 2.